The van der Waals surface area contributed by atoms with Crippen LogP contribution in [-0.2, 0) is 21.3 Å². The molecule has 0 radical (unpaired) electrons. The van der Waals surface area contributed by atoms with E-state index < -0.39 is 6.49 Å². The molecular formula is C13H24N3O2PS. The zero-order chi connectivity index (χ0) is 14.2. The Balaban J connectivity index is 1.51. The summed E-state index contributed by atoms with van der Waals surface area (Å²) in [6.07, 6.45) is 3.96. The SMILES string of the molecule is CCOC(=O)C1CCC(NP(=S)(N2CC2)N2CC2)CC1. The molecule has 0 amide bonds. The van der Waals surface area contributed by atoms with Gasteiger partial charge < -0.3 is 4.74 Å². The molecule has 2 saturated heterocycles. The standard InChI is InChI=1S/C13H24N3O2PS/c1-2-18-13(17)11-3-5-12(6-4-11)14-19(20,15-7-8-15)16-9-10-16/h11-12H,2-10H2,1H3,(H,14,20). The van der Waals surface area contributed by atoms with E-state index in [0.717, 1.165) is 51.9 Å². The normalized spacial score (nSPS) is 31.1. The van der Waals surface area contributed by atoms with Gasteiger partial charge in [0.15, 0.2) is 0 Å². The van der Waals surface area contributed by atoms with Crippen molar-refractivity contribution in [2.45, 2.75) is 38.6 Å². The Kier molecular flexibility index (Phi) is 4.48. The number of nitrogens with one attached hydrogen (secondary N) is 1. The van der Waals surface area contributed by atoms with Crippen LogP contribution in [-0.4, -0.2) is 54.1 Å². The van der Waals surface area contributed by atoms with Gasteiger partial charge in [0.1, 0.15) is 6.49 Å². The molecule has 1 saturated carbocycles. The summed E-state index contributed by atoms with van der Waals surface area (Å²) < 4.78 is 9.97. The Morgan fingerprint density at radius 3 is 2.20 bits per heavy atom. The summed E-state index contributed by atoms with van der Waals surface area (Å²) in [6.45, 7) is 5.33. The van der Waals surface area contributed by atoms with Crippen LogP contribution in [0.5, 0.6) is 0 Å². The van der Waals surface area contributed by atoms with Crippen LogP contribution in [0.25, 0.3) is 0 Å². The predicted molar refractivity (Wildman–Crippen MR) is 82.9 cm³/mol. The van der Waals surface area contributed by atoms with Gasteiger partial charge in [0.05, 0.1) is 12.5 Å². The summed E-state index contributed by atoms with van der Waals surface area (Å²) in [4.78, 5) is 11.8. The van der Waals surface area contributed by atoms with Gasteiger partial charge in [0, 0.05) is 32.2 Å². The number of nitrogens with zero attached hydrogens (tertiary/aromatic N) is 2. The van der Waals surface area contributed by atoms with E-state index in [-0.39, 0.29) is 11.9 Å². The van der Waals surface area contributed by atoms with E-state index >= 15 is 0 Å². The Morgan fingerprint density at radius 2 is 1.75 bits per heavy atom. The molecule has 0 aromatic heterocycles. The summed E-state index contributed by atoms with van der Waals surface area (Å²) >= 11 is 5.94. The van der Waals surface area contributed by atoms with Crippen molar-refractivity contribution >= 4 is 24.3 Å². The lowest BCUT2D eigenvalue weighted by Crippen LogP contribution is -2.36. The van der Waals surface area contributed by atoms with Gasteiger partial charge in [-0.1, -0.05) is 0 Å². The van der Waals surface area contributed by atoms with Crippen molar-refractivity contribution < 1.29 is 9.53 Å². The van der Waals surface area contributed by atoms with Gasteiger partial charge in [-0.15, -0.1) is 0 Å². The second kappa shape index (κ2) is 6.01. The number of esters is 1. The number of hydrogen-bond donors (Lipinski definition) is 1. The highest BCUT2D eigenvalue weighted by Gasteiger charge is 2.45. The first kappa shape index (κ1) is 14.9. The molecule has 3 aliphatic rings. The molecule has 7 heteroatoms. The minimum absolute atomic E-state index is 0.0118. The van der Waals surface area contributed by atoms with Crippen LogP contribution in [0.1, 0.15) is 32.6 Å². The Hall–Kier alpha value is -0.0000000000000000694. The maximum atomic E-state index is 11.8. The minimum Gasteiger partial charge on any atom is -0.466 e. The first-order valence-electron chi connectivity index (χ1n) is 7.69. The predicted octanol–water partition coefficient (Wildman–Crippen LogP) is 1.55. The third kappa shape index (κ3) is 3.25. The van der Waals surface area contributed by atoms with Gasteiger partial charge in [-0.2, -0.15) is 0 Å². The highest BCUT2D eigenvalue weighted by Crippen LogP contribution is 2.58. The van der Waals surface area contributed by atoms with Gasteiger partial charge in [0.2, 0.25) is 0 Å². The molecule has 3 rings (SSSR count). The fourth-order valence-corrected chi connectivity index (χ4v) is 7.04. The summed E-state index contributed by atoms with van der Waals surface area (Å²) in [5, 5.41) is 3.77. The summed E-state index contributed by atoms with van der Waals surface area (Å²) in [5.41, 5.74) is 0. The number of ether oxygens (including phenoxy) is 1. The van der Waals surface area contributed by atoms with Gasteiger partial charge in [-0.25, -0.2) is 9.34 Å². The third-order valence-corrected chi connectivity index (χ3v) is 9.05. The average molecular weight is 317 g/mol. The molecule has 20 heavy (non-hydrogen) atoms. The van der Waals surface area contributed by atoms with Crippen molar-refractivity contribution in [1.82, 2.24) is 14.4 Å². The largest absolute Gasteiger partial charge is 0.466 e. The van der Waals surface area contributed by atoms with E-state index in [1.54, 1.807) is 0 Å². The smallest absolute Gasteiger partial charge is 0.308 e. The molecule has 5 nitrogen and oxygen atoms in total. The van der Waals surface area contributed by atoms with Gasteiger partial charge >= 0.3 is 5.97 Å². The third-order valence-electron chi connectivity index (χ3n) is 4.31. The molecule has 0 spiro atoms. The van der Waals surface area contributed by atoms with Crippen LogP contribution in [0, 0.1) is 5.92 Å². The second-order valence-electron chi connectivity index (χ2n) is 5.88. The Morgan fingerprint density at radius 1 is 1.20 bits per heavy atom. The van der Waals surface area contributed by atoms with Gasteiger partial charge in [-0.05, 0) is 44.4 Å². The minimum atomic E-state index is -1.63. The van der Waals surface area contributed by atoms with Crippen LogP contribution in [0.15, 0.2) is 0 Å². The van der Waals surface area contributed by atoms with Crippen LogP contribution in [0.3, 0.4) is 0 Å². The first-order valence-corrected chi connectivity index (χ1v) is 10.4. The van der Waals surface area contributed by atoms with Crippen molar-refractivity contribution in [2.24, 2.45) is 5.92 Å². The summed E-state index contributed by atoms with van der Waals surface area (Å²) in [5.74, 6) is 0.0931. The molecule has 2 heterocycles. The highest BCUT2D eigenvalue weighted by atomic mass is 32.4. The van der Waals surface area contributed by atoms with E-state index in [9.17, 15) is 4.79 Å². The molecule has 1 aliphatic carbocycles. The monoisotopic (exact) mass is 317 g/mol. The molecule has 0 aromatic carbocycles. The summed E-state index contributed by atoms with van der Waals surface area (Å²) in [6, 6.07) is 0.479. The lowest BCUT2D eigenvalue weighted by Gasteiger charge is -2.34. The van der Waals surface area contributed by atoms with Crippen molar-refractivity contribution in [3.05, 3.63) is 0 Å². The lowest BCUT2D eigenvalue weighted by atomic mass is 9.86. The molecule has 0 bridgehead atoms. The first-order chi connectivity index (χ1) is 9.63. The fraction of sp³-hybridized carbons (Fsp3) is 0.923. The molecule has 1 N–H and O–H groups in total. The van der Waals surface area contributed by atoms with Crippen LogP contribution in [0.2, 0.25) is 0 Å². The summed E-state index contributed by atoms with van der Waals surface area (Å²) in [7, 11) is 0. The number of carbonyl (C=O) groups is 1. The quantitative estimate of drug-likeness (QED) is 0.456. The Labute approximate surface area is 126 Å². The number of carbonyl (C=O) groups excluding carboxylic acids is 1. The van der Waals surface area contributed by atoms with E-state index in [1.165, 1.54) is 0 Å². The lowest BCUT2D eigenvalue weighted by molar-refractivity contribution is -0.149. The topological polar surface area (TPSA) is 44.3 Å². The second-order valence-corrected chi connectivity index (χ2v) is 9.89. The van der Waals surface area contributed by atoms with Crippen molar-refractivity contribution in [2.75, 3.05) is 32.8 Å². The number of hydrogen-bond acceptors (Lipinski definition) is 3. The molecule has 0 aromatic rings. The average Bonchev–Trinajstić information content (AvgIpc) is 3.32. The van der Waals surface area contributed by atoms with E-state index in [1.807, 2.05) is 6.92 Å². The maximum Gasteiger partial charge on any atom is 0.308 e. The van der Waals surface area contributed by atoms with Crippen molar-refractivity contribution in [3.8, 4) is 0 Å². The zero-order valence-electron chi connectivity index (χ0n) is 12.1. The van der Waals surface area contributed by atoms with Gasteiger partial charge in [0.25, 0.3) is 0 Å². The maximum absolute atomic E-state index is 11.8. The molecular weight excluding hydrogens is 293 g/mol. The van der Waals surface area contributed by atoms with E-state index in [0.29, 0.717) is 12.6 Å². The van der Waals surface area contributed by atoms with Crippen LogP contribution < -0.4 is 5.09 Å². The highest BCUT2D eigenvalue weighted by molar-refractivity contribution is 8.11. The molecule has 3 fully saturated rings. The van der Waals surface area contributed by atoms with Crippen molar-refractivity contribution in [1.29, 1.82) is 0 Å². The zero-order valence-corrected chi connectivity index (χ0v) is 13.8. The molecule has 0 atom stereocenters. The molecule has 114 valence electrons. The van der Waals surface area contributed by atoms with Crippen LogP contribution >= 0.6 is 6.49 Å². The molecule has 2 aliphatic heterocycles. The van der Waals surface area contributed by atoms with Crippen LogP contribution in [0.4, 0.5) is 0 Å². The van der Waals surface area contributed by atoms with Gasteiger partial charge in [-0.3, -0.25) is 9.88 Å². The number of rotatable bonds is 6. The molecule has 0 unspecified atom stereocenters. The van der Waals surface area contributed by atoms with E-state index in [2.05, 4.69) is 14.4 Å². The van der Waals surface area contributed by atoms with E-state index in [4.69, 9.17) is 16.5 Å². The van der Waals surface area contributed by atoms with Crippen molar-refractivity contribution in [3.63, 3.8) is 0 Å². The Bertz CT molecular complexity index is 402. The fourth-order valence-electron chi connectivity index (χ4n) is 2.93.